The highest BCUT2D eigenvalue weighted by atomic mass is 16.2. The summed E-state index contributed by atoms with van der Waals surface area (Å²) in [6, 6.07) is 8.05. The summed E-state index contributed by atoms with van der Waals surface area (Å²) in [6.07, 6.45) is 0. The van der Waals surface area contributed by atoms with E-state index in [0.717, 1.165) is 22.5 Å². The minimum atomic E-state index is -0.357. The molecule has 4 rings (SSSR count). The van der Waals surface area contributed by atoms with Crippen LogP contribution in [-0.4, -0.2) is 23.1 Å². The summed E-state index contributed by atoms with van der Waals surface area (Å²) in [5, 5.41) is 0. The van der Waals surface area contributed by atoms with E-state index in [4.69, 9.17) is 0 Å². The molecule has 0 amide bonds. The van der Waals surface area contributed by atoms with Crippen molar-refractivity contribution in [3.8, 4) is 0 Å². The molecule has 0 aliphatic rings. The van der Waals surface area contributed by atoms with Crippen molar-refractivity contribution >= 4 is 16.9 Å². The predicted octanol–water partition coefficient (Wildman–Crippen LogP) is 2.70. The van der Waals surface area contributed by atoms with E-state index in [9.17, 15) is 9.59 Å². The maximum Gasteiger partial charge on any atom is 0.332 e. The SMILES string of the molecule is Cc1ccc(Cn2c(=O)c3c(nc4n(C(C)C)c(C)c(C)n34)n(C)c2=O)cc1. The summed E-state index contributed by atoms with van der Waals surface area (Å²) < 4.78 is 6.75. The lowest BCUT2D eigenvalue weighted by atomic mass is 10.1. The molecule has 0 aliphatic heterocycles. The molecule has 0 unspecified atom stereocenters. The largest absolute Gasteiger partial charge is 0.332 e. The van der Waals surface area contributed by atoms with Crippen LogP contribution in [0, 0.1) is 20.8 Å². The van der Waals surface area contributed by atoms with E-state index in [1.165, 1.54) is 9.13 Å². The summed E-state index contributed by atoms with van der Waals surface area (Å²) in [5.41, 5.74) is 4.28. The summed E-state index contributed by atoms with van der Waals surface area (Å²) >= 11 is 0. The topological polar surface area (TPSA) is 66.2 Å². The third-order valence-electron chi connectivity index (χ3n) is 5.54. The van der Waals surface area contributed by atoms with Crippen molar-refractivity contribution in [1.82, 2.24) is 23.1 Å². The van der Waals surface area contributed by atoms with E-state index in [-0.39, 0.29) is 23.8 Å². The first-order valence-corrected chi connectivity index (χ1v) is 9.47. The van der Waals surface area contributed by atoms with Crippen molar-refractivity contribution in [1.29, 1.82) is 0 Å². The fourth-order valence-corrected chi connectivity index (χ4v) is 3.91. The minimum absolute atomic E-state index is 0.194. The summed E-state index contributed by atoms with van der Waals surface area (Å²) in [7, 11) is 1.67. The fraction of sp³-hybridized carbons (Fsp3) is 0.381. The van der Waals surface area contributed by atoms with E-state index in [1.54, 1.807) is 7.05 Å². The first kappa shape index (κ1) is 18.3. The molecule has 4 aromatic rings. The van der Waals surface area contributed by atoms with Crippen LogP contribution in [0.15, 0.2) is 33.9 Å². The van der Waals surface area contributed by atoms with Gasteiger partial charge in [-0.25, -0.2) is 4.79 Å². The van der Waals surface area contributed by atoms with Crippen LogP contribution in [0.1, 0.15) is 42.4 Å². The first-order valence-electron chi connectivity index (χ1n) is 9.47. The molecule has 28 heavy (non-hydrogen) atoms. The maximum absolute atomic E-state index is 13.4. The number of hydrogen-bond donors (Lipinski definition) is 0. The van der Waals surface area contributed by atoms with Crippen LogP contribution < -0.4 is 11.2 Å². The molecule has 0 fully saturated rings. The summed E-state index contributed by atoms with van der Waals surface area (Å²) in [6.45, 7) is 10.4. The van der Waals surface area contributed by atoms with E-state index in [1.807, 2.05) is 49.4 Å². The lowest BCUT2D eigenvalue weighted by molar-refractivity contribution is 0.600. The van der Waals surface area contributed by atoms with Gasteiger partial charge in [-0.2, -0.15) is 4.98 Å². The number of benzene rings is 1. The zero-order valence-electron chi connectivity index (χ0n) is 17.1. The average molecular weight is 379 g/mol. The Morgan fingerprint density at radius 3 is 2.25 bits per heavy atom. The van der Waals surface area contributed by atoms with Crippen LogP contribution in [0.4, 0.5) is 0 Å². The predicted molar refractivity (Wildman–Crippen MR) is 110 cm³/mol. The molecule has 3 heterocycles. The molecular weight excluding hydrogens is 354 g/mol. The number of hydrogen-bond acceptors (Lipinski definition) is 3. The van der Waals surface area contributed by atoms with Crippen molar-refractivity contribution in [2.45, 2.75) is 47.2 Å². The molecule has 7 nitrogen and oxygen atoms in total. The van der Waals surface area contributed by atoms with Gasteiger partial charge in [0.2, 0.25) is 5.78 Å². The molecule has 0 N–H and O–H groups in total. The molecule has 146 valence electrons. The maximum atomic E-state index is 13.4. The quantitative estimate of drug-likeness (QED) is 0.550. The Kier molecular flexibility index (Phi) is 4.06. The summed E-state index contributed by atoms with van der Waals surface area (Å²) in [4.78, 5) is 31.0. The lowest BCUT2D eigenvalue weighted by Crippen LogP contribution is -2.39. The van der Waals surface area contributed by atoms with Crippen molar-refractivity contribution in [2.24, 2.45) is 7.05 Å². The van der Waals surface area contributed by atoms with Gasteiger partial charge in [-0.3, -0.25) is 18.3 Å². The molecule has 0 radical (unpaired) electrons. The third-order valence-corrected chi connectivity index (χ3v) is 5.54. The number of rotatable bonds is 3. The van der Waals surface area contributed by atoms with Crippen LogP contribution in [0.3, 0.4) is 0 Å². The van der Waals surface area contributed by atoms with Gasteiger partial charge in [0.1, 0.15) is 0 Å². The highest BCUT2D eigenvalue weighted by Gasteiger charge is 2.23. The van der Waals surface area contributed by atoms with E-state index in [2.05, 4.69) is 23.4 Å². The van der Waals surface area contributed by atoms with Crippen molar-refractivity contribution < 1.29 is 0 Å². The zero-order valence-corrected chi connectivity index (χ0v) is 17.1. The molecule has 7 heteroatoms. The Balaban J connectivity index is 2.07. The van der Waals surface area contributed by atoms with Gasteiger partial charge in [0.05, 0.1) is 6.54 Å². The second-order valence-electron chi connectivity index (χ2n) is 7.77. The number of imidazole rings is 2. The lowest BCUT2D eigenvalue weighted by Gasteiger charge is -2.10. The normalized spacial score (nSPS) is 12.0. The van der Waals surface area contributed by atoms with Gasteiger partial charge >= 0.3 is 5.69 Å². The van der Waals surface area contributed by atoms with Gasteiger partial charge < -0.3 is 4.57 Å². The number of aryl methyl sites for hydroxylation is 3. The average Bonchev–Trinajstić information content (AvgIpc) is 3.14. The fourth-order valence-electron chi connectivity index (χ4n) is 3.91. The van der Waals surface area contributed by atoms with Crippen LogP contribution in [-0.2, 0) is 13.6 Å². The Morgan fingerprint density at radius 2 is 1.64 bits per heavy atom. The van der Waals surface area contributed by atoms with Gasteiger partial charge in [-0.15, -0.1) is 0 Å². The molecule has 3 aromatic heterocycles. The molecule has 0 bridgehead atoms. The number of aromatic nitrogens is 5. The third kappa shape index (κ3) is 2.46. The van der Waals surface area contributed by atoms with E-state index < -0.39 is 0 Å². The second kappa shape index (κ2) is 6.22. The molecule has 0 aliphatic carbocycles. The van der Waals surface area contributed by atoms with Crippen LogP contribution in [0.25, 0.3) is 16.9 Å². The molecule has 0 saturated heterocycles. The Labute approximate surface area is 162 Å². The van der Waals surface area contributed by atoms with Crippen molar-refractivity contribution in [2.75, 3.05) is 0 Å². The Morgan fingerprint density at radius 1 is 1.00 bits per heavy atom. The van der Waals surface area contributed by atoms with Gasteiger partial charge in [-0.05, 0) is 40.2 Å². The van der Waals surface area contributed by atoms with Crippen LogP contribution in [0.5, 0.6) is 0 Å². The zero-order chi connectivity index (χ0) is 20.3. The molecule has 0 saturated carbocycles. The Hall–Kier alpha value is -3.09. The number of fused-ring (bicyclic) bond motifs is 3. The highest BCUT2D eigenvalue weighted by Crippen LogP contribution is 2.23. The second-order valence-corrected chi connectivity index (χ2v) is 7.77. The minimum Gasteiger partial charge on any atom is -0.311 e. The van der Waals surface area contributed by atoms with Crippen molar-refractivity contribution in [3.63, 3.8) is 0 Å². The number of nitrogens with zero attached hydrogens (tertiary/aromatic N) is 5. The van der Waals surface area contributed by atoms with Gasteiger partial charge in [0.15, 0.2) is 11.2 Å². The van der Waals surface area contributed by atoms with E-state index >= 15 is 0 Å². The standard InChI is InChI=1S/C21H25N5O2/c1-12(2)25-14(4)15(5)26-17-18(22-20(25)26)23(6)21(28)24(19(17)27)11-16-9-7-13(3)8-10-16/h7-10,12H,11H2,1-6H3. The van der Waals surface area contributed by atoms with Gasteiger partial charge in [0.25, 0.3) is 5.56 Å². The molecular formula is C21H25N5O2. The van der Waals surface area contributed by atoms with Crippen molar-refractivity contribution in [3.05, 3.63) is 67.6 Å². The smallest absolute Gasteiger partial charge is 0.311 e. The molecule has 1 aromatic carbocycles. The first-order chi connectivity index (χ1) is 13.2. The Bertz CT molecular complexity index is 1330. The molecule has 0 spiro atoms. The van der Waals surface area contributed by atoms with Crippen LogP contribution >= 0.6 is 0 Å². The van der Waals surface area contributed by atoms with Gasteiger partial charge in [0, 0.05) is 24.5 Å². The highest BCUT2D eigenvalue weighted by molar-refractivity contribution is 5.76. The monoisotopic (exact) mass is 379 g/mol. The van der Waals surface area contributed by atoms with E-state index in [0.29, 0.717) is 16.9 Å². The molecule has 0 atom stereocenters. The summed E-state index contributed by atoms with van der Waals surface area (Å²) in [5.74, 6) is 0.695. The van der Waals surface area contributed by atoms with Crippen LogP contribution in [0.2, 0.25) is 0 Å². The van der Waals surface area contributed by atoms with Gasteiger partial charge in [-0.1, -0.05) is 29.8 Å².